The Labute approximate surface area is 129 Å². The standard InChI is InChI=1S/C13H16Br2N4/c1-8(2)19-13(17-7-18-19)6-12(16)10-5-9(14)3-4-11(10)15/h3-5,7-8,12H,6,16H2,1-2H3. The van der Waals surface area contributed by atoms with Crippen LogP contribution in [0.1, 0.15) is 37.3 Å². The van der Waals surface area contributed by atoms with Crippen LogP contribution >= 0.6 is 31.9 Å². The molecule has 1 aromatic heterocycles. The lowest BCUT2D eigenvalue weighted by Gasteiger charge is -2.16. The van der Waals surface area contributed by atoms with Crippen LogP contribution < -0.4 is 5.73 Å². The summed E-state index contributed by atoms with van der Waals surface area (Å²) >= 11 is 7.01. The van der Waals surface area contributed by atoms with Gasteiger partial charge in [0.15, 0.2) is 0 Å². The summed E-state index contributed by atoms with van der Waals surface area (Å²) in [5.41, 5.74) is 7.36. The number of nitrogens with zero attached hydrogens (tertiary/aromatic N) is 3. The van der Waals surface area contributed by atoms with E-state index in [4.69, 9.17) is 5.73 Å². The second-order valence-corrected chi connectivity index (χ2v) is 6.46. The Kier molecular flexibility index (Phi) is 4.76. The molecule has 0 aliphatic carbocycles. The van der Waals surface area contributed by atoms with E-state index in [-0.39, 0.29) is 12.1 Å². The fourth-order valence-corrected chi connectivity index (χ4v) is 2.88. The van der Waals surface area contributed by atoms with Crippen molar-refractivity contribution < 1.29 is 0 Å². The number of hydrogen-bond acceptors (Lipinski definition) is 3. The first-order valence-electron chi connectivity index (χ1n) is 6.08. The van der Waals surface area contributed by atoms with Crippen molar-refractivity contribution >= 4 is 31.9 Å². The van der Waals surface area contributed by atoms with Crippen LogP contribution in [0.15, 0.2) is 33.5 Å². The van der Waals surface area contributed by atoms with Gasteiger partial charge in [-0.3, -0.25) is 0 Å². The van der Waals surface area contributed by atoms with Gasteiger partial charge >= 0.3 is 0 Å². The first kappa shape index (κ1) is 14.7. The van der Waals surface area contributed by atoms with Gasteiger partial charge in [-0.15, -0.1) is 0 Å². The van der Waals surface area contributed by atoms with Crippen LogP contribution in [0.25, 0.3) is 0 Å². The summed E-state index contributed by atoms with van der Waals surface area (Å²) in [5.74, 6) is 0.911. The van der Waals surface area contributed by atoms with E-state index in [1.807, 2.05) is 22.9 Å². The van der Waals surface area contributed by atoms with E-state index in [1.54, 1.807) is 6.33 Å². The van der Waals surface area contributed by atoms with Gasteiger partial charge in [-0.05, 0) is 37.6 Å². The molecule has 0 aliphatic rings. The predicted octanol–water partition coefficient (Wildman–Crippen LogP) is 3.63. The second-order valence-electron chi connectivity index (χ2n) is 4.69. The van der Waals surface area contributed by atoms with Gasteiger partial charge in [0.05, 0.1) is 0 Å². The SMILES string of the molecule is CC(C)n1ncnc1CC(N)c1cc(Br)ccc1Br. The Balaban J connectivity index is 2.23. The van der Waals surface area contributed by atoms with Crippen LogP contribution in [-0.4, -0.2) is 14.8 Å². The lowest BCUT2D eigenvalue weighted by Crippen LogP contribution is -2.18. The number of hydrogen-bond donors (Lipinski definition) is 1. The molecule has 1 heterocycles. The molecule has 6 heteroatoms. The third kappa shape index (κ3) is 3.43. The molecular weight excluding hydrogens is 372 g/mol. The van der Waals surface area contributed by atoms with Crippen molar-refractivity contribution in [2.45, 2.75) is 32.4 Å². The molecule has 4 nitrogen and oxygen atoms in total. The summed E-state index contributed by atoms with van der Waals surface area (Å²) in [4.78, 5) is 4.30. The Bertz CT molecular complexity index is 566. The summed E-state index contributed by atoms with van der Waals surface area (Å²) in [5, 5.41) is 4.23. The highest BCUT2D eigenvalue weighted by molar-refractivity contribution is 9.11. The minimum absolute atomic E-state index is 0.117. The monoisotopic (exact) mass is 386 g/mol. The molecule has 0 spiro atoms. The third-order valence-electron chi connectivity index (χ3n) is 2.90. The lowest BCUT2D eigenvalue weighted by atomic mass is 10.0. The van der Waals surface area contributed by atoms with E-state index in [0.29, 0.717) is 6.42 Å². The van der Waals surface area contributed by atoms with Crippen molar-refractivity contribution in [1.29, 1.82) is 0 Å². The summed E-state index contributed by atoms with van der Waals surface area (Å²) < 4.78 is 3.94. The molecule has 0 saturated carbocycles. The van der Waals surface area contributed by atoms with Gasteiger partial charge in [-0.25, -0.2) is 9.67 Å². The molecule has 0 bridgehead atoms. The highest BCUT2D eigenvalue weighted by Gasteiger charge is 2.16. The zero-order chi connectivity index (χ0) is 14.0. The maximum atomic E-state index is 6.29. The molecule has 0 saturated heterocycles. The molecule has 1 aromatic carbocycles. The first-order chi connectivity index (χ1) is 8.99. The van der Waals surface area contributed by atoms with Crippen LogP contribution in [0, 0.1) is 0 Å². The van der Waals surface area contributed by atoms with Crippen LogP contribution in [0.5, 0.6) is 0 Å². The zero-order valence-electron chi connectivity index (χ0n) is 10.8. The van der Waals surface area contributed by atoms with E-state index in [1.165, 1.54) is 0 Å². The minimum atomic E-state index is -0.117. The van der Waals surface area contributed by atoms with Gasteiger partial charge in [0.2, 0.25) is 0 Å². The summed E-state index contributed by atoms with van der Waals surface area (Å²) in [7, 11) is 0. The first-order valence-corrected chi connectivity index (χ1v) is 7.66. The number of halogens is 2. The van der Waals surface area contributed by atoms with E-state index >= 15 is 0 Å². The summed E-state index contributed by atoms with van der Waals surface area (Å²) in [6.07, 6.45) is 2.24. The molecule has 1 unspecified atom stereocenters. The highest BCUT2D eigenvalue weighted by atomic mass is 79.9. The molecule has 2 N–H and O–H groups in total. The smallest absolute Gasteiger partial charge is 0.138 e. The Hall–Kier alpha value is -0.720. The summed E-state index contributed by atoms with van der Waals surface area (Å²) in [6.45, 7) is 4.16. The van der Waals surface area contributed by atoms with Crippen molar-refractivity contribution in [2.24, 2.45) is 5.73 Å². The average molecular weight is 388 g/mol. The normalized spacial score (nSPS) is 12.9. The lowest BCUT2D eigenvalue weighted by molar-refractivity contribution is 0.493. The molecule has 0 radical (unpaired) electrons. The number of rotatable bonds is 4. The largest absolute Gasteiger partial charge is 0.324 e. The van der Waals surface area contributed by atoms with Crippen molar-refractivity contribution in [1.82, 2.24) is 14.8 Å². The topological polar surface area (TPSA) is 56.7 Å². The maximum Gasteiger partial charge on any atom is 0.138 e. The number of benzene rings is 1. The molecule has 0 aliphatic heterocycles. The molecule has 1 atom stereocenters. The quantitative estimate of drug-likeness (QED) is 0.871. The second kappa shape index (κ2) is 6.15. The van der Waals surface area contributed by atoms with E-state index in [2.05, 4.69) is 55.8 Å². The van der Waals surface area contributed by atoms with Crippen LogP contribution in [0.3, 0.4) is 0 Å². The Morgan fingerprint density at radius 3 is 2.74 bits per heavy atom. The van der Waals surface area contributed by atoms with Crippen LogP contribution in [0.2, 0.25) is 0 Å². The number of aromatic nitrogens is 3. The molecule has 19 heavy (non-hydrogen) atoms. The molecule has 2 rings (SSSR count). The van der Waals surface area contributed by atoms with Crippen molar-refractivity contribution in [3.63, 3.8) is 0 Å². The Morgan fingerprint density at radius 2 is 2.05 bits per heavy atom. The summed E-state index contributed by atoms with van der Waals surface area (Å²) in [6, 6.07) is 6.18. The third-order valence-corrected chi connectivity index (χ3v) is 4.11. The van der Waals surface area contributed by atoms with Gasteiger partial charge in [-0.1, -0.05) is 31.9 Å². The van der Waals surface area contributed by atoms with Gasteiger partial charge < -0.3 is 5.73 Å². The Morgan fingerprint density at radius 1 is 1.32 bits per heavy atom. The molecule has 0 amide bonds. The van der Waals surface area contributed by atoms with Gasteiger partial charge in [0.1, 0.15) is 12.2 Å². The van der Waals surface area contributed by atoms with Crippen molar-refractivity contribution in [2.75, 3.05) is 0 Å². The van der Waals surface area contributed by atoms with Crippen molar-refractivity contribution in [3.05, 3.63) is 44.9 Å². The van der Waals surface area contributed by atoms with Gasteiger partial charge in [0, 0.05) is 27.4 Å². The van der Waals surface area contributed by atoms with E-state index in [9.17, 15) is 0 Å². The molecule has 0 fully saturated rings. The van der Waals surface area contributed by atoms with Gasteiger partial charge in [-0.2, -0.15) is 5.10 Å². The zero-order valence-corrected chi connectivity index (χ0v) is 14.0. The van der Waals surface area contributed by atoms with Crippen LogP contribution in [-0.2, 0) is 6.42 Å². The highest BCUT2D eigenvalue weighted by Crippen LogP contribution is 2.27. The fourth-order valence-electron chi connectivity index (χ4n) is 1.96. The number of nitrogens with two attached hydrogens (primary N) is 1. The molecule has 102 valence electrons. The van der Waals surface area contributed by atoms with Crippen molar-refractivity contribution in [3.8, 4) is 0 Å². The average Bonchev–Trinajstić information content (AvgIpc) is 2.80. The van der Waals surface area contributed by atoms with E-state index in [0.717, 1.165) is 20.3 Å². The molecule has 2 aromatic rings. The predicted molar refractivity (Wildman–Crippen MR) is 82.9 cm³/mol. The van der Waals surface area contributed by atoms with Crippen LogP contribution in [0.4, 0.5) is 0 Å². The van der Waals surface area contributed by atoms with E-state index < -0.39 is 0 Å². The minimum Gasteiger partial charge on any atom is -0.324 e. The van der Waals surface area contributed by atoms with Gasteiger partial charge in [0.25, 0.3) is 0 Å². The fraction of sp³-hybridized carbons (Fsp3) is 0.385. The molecular formula is C13H16Br2N4. The maximum absolute atomic E-state index is 6.29.